The van der Waals surface area contributed by atoms with E-state index in [0.717, 1.165) is 32.3 Å². The minimum Gasteiger partial charge on any atom is -0.455 e. The lowest BCUT2D eigenvalue weighted by atomic mass is 9.88. The molecule has 0 fully saturated rings. The molecule has 0 aliphatic carbocycles. The van der Waals surface area contributed by atoms with Crippen LogP contribution in [0.1, 0.15) is 17.8 Å². The summed E-state index contributed by atoms with van der Waals surface area (Å²) in [5, 5.41) is 4.64. The van der Waals surface area contributed by atoms with Gasteiger partial charge in [-0.25, -0.2) is 0 Å². The maximum atomic E-state index is 9.37. The van der Waals surface area contributed by atoms with Gasteiger partial charge in [-0.05, 0) is 90.2 Å². The monoisotopic (exact) mass is 533 g/mol. The minimum atomic E-state index is -0.696. The smallest absolute Gasteiger partial charge is 0.143 e. The summed E-state index contributed by atoms with van der Waals surface area (Å²) in [4.78, 5) is 0. The molecule has 0 unspecified atom stereocenters. The third-order valence-electron chi connectivity index (χ3n) is 7.64. The van der Waals surface area contributed by atoms with Crippen molar-refractivity contribution in [2.75, 3.05) is 0 Å². The van der Waals surface area contributed by atoms with Gasteiger partial charge in [-0.3, -0.25) is 0 Å². The van der Waals surface area contributed by atoms with Gasteiger partial charge in [-0.2, -0.15) is 0 Å². The van der Waals surface area contributed by atoms with Crippen LogP contribution in [0, 0.1) is 0 Å². The number of rotatable bonds is 2. The zero-order valence-electron chi connectivity index (χ0n) is 34.3. The van der Waals surface area contributed by atoms with Crippen LogP contribution in [0.15, 0.2) is 150 Å². The molecule has 9 aromatic rings. The van der Waals surface area contributed by atoms with E-state index in [4.69, 9.17) is 15.4 Å². The van der Waals surface area contributed by atoms with E-state index in [9.17, 15) is 6.85 Å². The Labute approximate surface area is 255 Å². The van der Waals surface area contributed by atoms with Crippen LogP contribution in [0.4, 0.5) is 0 Å². The number of hydrogen-bond donors (Lipinski definition) is 0. The van der Waals surface area contributed by atoms with Crippen LogP contribution in [0.5, 0.6) is 0 Å². The Hall–Kier alpha value is -5.40. The van der Waals surface area contributed by atoms with Crippen molar-refractivity contribution in [1.29, 1.82) is 0 Å². The second kappa shape index (κ2) is 8.55. The van der Waals surface area contributed by atoms with Gasteiger partial charge in [0.15, 0.2) is 0 Å². The first-order valence-corrected chi connectivity index (χ1v) is 13.1. The van der Waals surface area contributed by atoms with Crippen molar-refractivity contribution in [2.45, 2.75) is 0 Å². The standard InChI is InChI=1S/C40H24O/c1-2-9-25(10-3-1)27-18-20-32-29(23-27)19-22-35-39-34(15-8-16-37(39)41-40(32)35)38-31-14-7-5-12-28(31)24-36-30-13-6-4-11-26(30)17-21-33(36)38/h1-24H/i1D,2D,3D,8D,9D,10D,15D,16D,18D,19D,20D,22D,23D. The maximum absolute atomic E-state index is 9.37. The van der Waals surface area contributed by atoms with E-state index in [0.29, 0.717) is 5.56 Å². The van der Waals surface area contributed by atoms with Gasteiger partial charge in [0.1, 0.15) is 11.2 Å². The molecule has 1 nitrogen and oxygen atoms in total. The molecule has 0 spiro atoms. The van der Waals surface area contributed by atoms with Gasteiger partial charge in [-0.15, -0.1) is 0 Å². The molecule has 8 aromatic carbocycles. The van der Waals surface area contributed by atoms with Crippen LogP contribution in [0.3, 0.4) is 0 Å². The lowest BCUT2D eigenvalue weighted by molar-refractivity contribution is 0.673. The van der Waals surface area contributed by atoms with E-state index < -0.39 is 83.6 Å². The van der Waals surface area contributed by atoms with Gasteiger partial charge >= 0.3 is 0 Å². The fourth-order valence-electron chi connectivity index (χ4n) is 5.84. The first-order valence-electron chi connectivity index (χ1n) is 19.6. The molecule has 1 heterocycles. The molecule has 9 rings (SSSR count). The molecule has 0 N–H and O–H groups in total. The summed E-state index contributed by atoms with van der Waals surface area (Å²) in [6.45, 7) is 0. The summed E-state index contributed by atoms with van der Waals surface area (Å²) in [7, 11) is 0. The number of hydrogen-bond acceptors (Lipinski definition) is 1. The molecule has 1 aromatic heterocycles. The molecule has 1 heteroatoms. The van der Waals surface area contributed by atoms with Gasteiger partial charge in [0.25, 0.3) is 0 Å². The van der Waals surface area contributed by atoms with E-state index in [1.165, 1.54) is 0 Å². The summed E-state index contributed by atoms with van der Waals surface area (Å²) in [5.74, 6) is 0. The van der Waals surface area contributed by atoms with Gasteiger partial charge in [0, 0.05) is 16.2 Å². The van der Waals surface area contributed by atoms with Crippen LogP contribution in [0.25, 0.3) is 87.3 Å². The highest BCUT2D eigenvalue weighted by Gasteiger charge is 2.19. The zero-order valence-corrected chi connectivity index (χ0v) is 21.3. The Morgan fingerprint density at radius 2 is 1.29 bits per heavy atom. The van der Waals surface area contributed by atoms with Crippen LogP contribution in [0.2, 0.25) is 0 Å². The summed E-state index contributed by atoms with van der Waals surface area (Å²) in [5.41, 5.74) is -0.577. The van der Waals surface area contributed by atoms with Crippen molar-refractivity contribution in [3.05, 3.63) is 145 Å². The van der Waals surface area contributed by atoms with Crippen LogP contribution < -0.4 is 0 Å². The van der Waals surface area contributed by atoms with E-state index in [2.05, 4.69) is 6.07 Å². The molecular formula is C40H24O. The molecule has 0 bridgehead atoms. The molecule has 0 saturated heterocycles. The highest BCUT2D eigenvalue weighted by atomic mass is 16.3. The molecule has 0 amide bonds. The molecule has 0 radical (unpaired) electrons. The molecular weight excluding hydrogens is 496 g/mol. The van der Waals surface area contributed by atoms with Gasteiger partial charge in [0.2, 0.25) is 0 Å². The normalized spacial score (nSPS) is 16.3. The number of fused-ring (bicyclic) bond motifs is 9. The van der Waals surface area contributed by atoms with Crippen molar-refractivity contribution in [2.24, 2.45) is 0 Å². The Balaban J connectivity index is 1.50. The highest BCUT2D eigenvalue weighted by Crippen LogP contribution is 2.45. The van der Waals surface area contributed by atoms with E-state index in [1.807, 2.05) is 60.7 Å². The molecule has 0 atom stereocenters. The van der Waals surface area contributed by atoms with Crippen molar-refractivity contribution in [3.63, 3.8) is 0 Å². The molecule has 0 saturated carbocycles. The Bertz CT molecular complexity index is 3170. The van der Waals surface area contributed by atoms with Crippen molar-refractivity contribution < 1.29 is 22.2 Å². The van der Waals surface area contributed by atoms with E-state index >= 15 is 0 Å². The average molecular weight is 534 g/mol. The summed E-state index contributed by atoms with van der Waals surface area (Å²) < 4.78 is 121. The number of benzene rings is 8. The lowest BCUT2D eigenvalue weighted by Gasteiger charge is -2.15. The average Bonchev–Trinajstić information content (AvgIpc) is 3.57. The third kappa shape index (κ3) is 3.30. The van der Waals surface area contributed by atoms with Gasteiger partial charge in [-0.1, -0.05) is 115 Å². The number of furan rings is 1. The highest BCUT2D eigenvalue weighted by molar-refractivity contribution is 6.26. The zero-order chi connectivity index (χ0) is 38.2. The molecule has 41 heavy (non-hydrogen) atoms. The third-order valence-corrected chi connectivity index (χ3v) is 7.64. The first-order chi connectivity index (χ1) is 25.8. The Kier molecular flexibility index (Phi) is 2.77. The minimum absolute atomic E-state index is 0.0377. The molecule has 0 aliphatic rings. The van der Waals surface area contributed by atoms with Crippen LogP contribution in [-0.4, -0.2) is 0 Å². The Morgan fingerprint density at radius 1 is 0.488 bits per heavy atom. The maximum Gasteiger partial charge on any atom is 0.143 e. The van der Waals surface area contributed by atoms with Crippen LogP contribution >= 0.6 is 0 Å². The largest absolute Gasteiger partial charge is 0.455 e. The lowest BCUT2D eigenvalue weighted by Crippen LogP contribution is -1.88. The summed E-state index contributed by atoms with van der Waals surface area (Å²) in [6, 6.07) is 13.8. The SMILES string of the molecule is [2H]c1c([2H])c([2H])c(-c2c([2H])c([2H])c3c(c2[2H])c([2H])c([2H])c2c3oc3c([2H])c([2H])c([2H])c(-c4c5ccccc5cc5c4ccc4ccccc45)c32)c([2H])c1[2H]. The van der Waals surface area contributed by atoms with Gasteiger partial charge < -0.3 is 4.42 Å². The summed E-state index contributed by atoms with van der Waals surface area (Å²) in [6.07, 6.45) is 0. The topological polar surface area (TPSA) is 13.1 Å². The van der Waals surface area contributed by atoms with Crippen LogP contribution in [-0.2, 0) is 0 Å². The van der Waals surface area contributed by atoms with E-state index in [-0.39, 0.29) is 44.3 Å². The van der Waals surface area contributed by atoms with Gasteiger partial charge in [0.05, 0.1) is 17.8 Å². The van der Waals surface area contributed by atoms with Crippen molar-refractivity contribution in [1.82, 2.24) is 0 Å². The molecule has 190 valence electrons. The first kappa shape index (κ1) is 13.3. The second-order valence-electron chi connectivity index (χ2n) is 9.86. The second-order valence-corrected chi connectivity index (χ2v) is 9.86. The van der Waals surface area contributed by atoms with Crippen molar-refractivity contribution in [3.8, 4) is 22.3 Å². The van der Waals surface area contributed by atoms with Crippen molar-refractivity contribution >= 4 is 65.0 Å². The fourth-order valence-corrected chi connectivity index (χ4v) is 5.84. The fraction of sp³-hybridized carbons (Fsp3) is 0. The molecule has 0 aliphatic heterocycles. The predicted octanol–water partition coefficient (Wildman–Crippen LogP) is 11.5. The van der Waals surface area contributed by atoms with E-state index in [1.54, 1.807) is 0 Å². The quantitative estimate of drug-likeness (QED) is 0.159. The predicted molar refractivity (Wildman–Crippen MR) is 175 cm³/mol. The summed E-state index contributed by atoms with van der Waals surface area (Å²) >= 11 is 0. The Morgan fingerprint density at radius 3 is 2.20 bits per heavy atom.